The van der Waals surface area contributed by atoms with Crippen molar-refractivity contribution in [1.29, 1.82) is 0 Å². The molecule has 3 nitrogen and oxygen atoms in total. The standard InChI is InChI=1S/C8H12BrN3/c1-5-6(9)2-3-8(12-5)7(11)4-10/h2-3,7H,4,10-11H2,1H3/t7-/m1/s1. The van der Waals surface area contributed by atoms with Crippen LogP contribution in [0.2, 0.25) is 0 Å². The van der Waals surface area contributed by atoms with Crippen molar-refractivity contribution in [2.45, 2.75) is 13.0 Å². The second-order valence-electron chi connectivity index (χ2n) is 2.65. The van der Waals surface area contributed by atoms with Gasteiger partial charge in [0, 0.05) is 11.0 Å². The number of aryl methyl sites for hydroxylation is 1. The van der Waals surface area contributed by atoms with Crippen LogP contribution >= 0.6 is 15.9 Å². The van der Waals surface area contributed by atoms with Gasteiger partial charge in [0.1, 0.15) is 0 Å². The zero-order valence-electron chi connectivity index (χ0n) is 6.92. The van der Waals surface area contributed by atoms with Gasteiger partial charge in [-0.25, -0.2) is 0 Å². The summed E-state index contributed by atoms with van der Waals surface area (Å²) < 4.78 is 0.996. The van der Waals surface area contributed by atoms with Crippen LogP contribution in [-0.2, 0) is 0 Å². The molecule has 0 fully saturated rings. The molecule has 0 saturated carbocycles. The van der Waals surface area contributed by atoms with Crippen LogP contribution in [0.4, 0.5) is 0 Å². The molecule has 1 rings (SSSR count). The number of hydrogen-bond acceptors (Lipinski definition) is 3. The molecule has 0 amide bonds. The number of pyridine rings is 1. The molecule has 4 heteroatoms. The predicted octanol–water partition coefficient (Wildman–Crippen LogP) is 1.11. The minimum atomic E-state index is -0.156. The van der Waals surface area contributed by atoms with E-state index in [1.165, 1.54) is 0 Å². The third-order valence-corrected chi connectivity index (χ3v) is 2.51. The van der Waals surface area contributed by atoms with Gasteiger partial charge in [0.15, 0.2) is 0 Å². The number of hydrogen-bond donors (Lipinski definition) is 2. The van der Waals surface area contributed by atoms with Gasteiger partial charge in [-0.1, -0.05) is 0 Å². The first-order chi connectivity index (χ1) is 5.65. The summed E-state index contributed by atoms with van der Waals surface area (Å²) in [5, 5.41) is 0. The second kappa shape index (κ2) is 3.98. The van der Waals surface area contributed by atoms with E-state index in [1.807, 2.05) is 19.1 Å². The Bertz CT molecular complexity index is 275. The van der Waals surface area contributed by atoms with Crippen molar-refractivity contribution < 1.29 is 0 Å². The minimum absolute atomic E-state index is 0.156. The molecule has 1 aromatic heterocycles. The molecular formula is C8H12BrN3. The molecule has 0 saturated heterocycles. The Morgan fingerprint density at radius 2 is 2.25 bits per heavy atom. The lowest BCUT2D eigenvalue weighted by atomic mass is 10.2. The summed E-state index contributed by atoms with van der Waals surface area (Å²) in [4.78, 5) is 4.29. The molecule has 0 aliphatic carbocycles. The maximum Gasteiger partial charge on any atom is 0.0594 e. The van der Waals surface area contributed by atoms with Crippen molar-refractivity contribution >= 4 is 15.9 Å². The van der Waals surface area contributed by atoms with Gasteiger partial charge >= 0.3 is 0 Å². The molecule has 1 aromatic rings. The number of nitrogens with zero attached hydrogens (tertiary/aromatic N) is 1. The Kier molecular flexibility index (Phi) is 3.20. The van der Waals surface area contributed by atoms with E-state index in [9.17, 15) is 0 Å². The Hall–Kier alpha value is -0.450. The number of nitrogens with two attached hydrogens (primary N) is 2. The van der Waals surface area contributed by atoms with Crippen LogP contribution in [0.5, 0.6) is 0 Å². The average molecular weight is 230 g/mol. The molecule has 0 aliphatic rings. The maximum absolute atomic E-state index is 5.71. The van der Waals surface area contributed by atoms with Crippen LogP contribution in [0, 0.1) is 6.92 Å². The normalized spacial score (nSPS) is 13.0. The SMILES string of the molecule is Cc1nc([C@H](N)CN)ccc1Br. The molecule has 1 heterocycles. The molecule has 12 heavy (non-hydrogen) atoms. The lowest BCUT2D eigenvalue weighted by Gasteiger charge is -2.08. The summed E-state index contributed by atoms with van der Waals surface area (Å²) in [5.41, 5.74) is 12.9. The number of halogens is 1. The average Bonchev–Trinajstić information content (AvgIpc) is 2.08. The van der Waals surface area contributed by atoms with Gasteiger partial charge in [-0.15, -0.1) is 0 Å². The van der Waals surface area contributed by atoms with Gasteiger partial charge in [0.2, 0.25) is 0 Å². The minimum Gasteiger partial charge on any atom is -0.329 e. The first kappa shape index (κ1) is 9.64. The summed E-state index contributed by atoms with van der Waals surface area (Å²) in [7, 11) is 0. The lowest BCUT2D eigenvalue weighted by Crippen LogP contribution is -2.22. The largest absolute Gasteiger partial charge is 0.329 e. The summed E-state index contributed by atoms with van der Waals surface area (Å²) in [5.74, 6) is 0. The van der Waals surface area contributed by atoms with Gasteiger partial charge in [-0.2, -0.15) is 0 Å². The lowest BCUT2D eigenvalue weighted by molar-refractivity contribution is 0.707. The van der Waals surface area contributed by atoms with Crippen molar-refractivity contribution in [2.24, 2.45) is 11.5 Å². The Morgan fingerprint density at radius 1 is 1.58 bits per heavy atom. The van der Waals surface area contributed by atoms with Gasteiger partial charge < -0.3 is 11.5 Å². The quantitative estimate of drug-likeness (QED) is 0.799. The van der Waals surface area contributed by atoms with E-state index in [0.717, 1.165) is 15.9 Å². The molecular weight excluding hydrogens is 218 g/mol. The first-order valence-corrected chi connectivity index (χ1v) is 4.53. The van der Waals surface area contributed by atoms with Gasteiger partial charge in [-0.3, -0.25) is 4.98 Å². The summed E-state index contributed by atoms with van der Waals surface area (Å²) in [6.45, 7) is 2.35. The van der Waals surface area contributed by atoms with E-state index in [0.29, 0.717) is 6.54 Å². The van der Waals surface area contributed by atoms with Crippen LogP contribution in [0.1, 0.15) is 17.4 Å². The molecule has 0 aromatic carbocycles. The second-order valence-corrected chi connectivity index (χ2v) is 3.50. The summed E-state index contributed by atoms with van der Waals surface area (Å²) >= 11 is 3.37. The fourth-order valence-electron chi connectivity index (χ4n) is 0.891. The van der Waals surface area contributed by atoms with Crippen molar-refractivity contribution in [3.05, 3.63) is 28.0 Å². The predicted molar refractivity (Wildman–Crippen MR) is 52.7 cm³/mol. The topological polar surface area (TPSA) is 64.9 Å². The van der Waals surface area contributed by atoms with Crippen LogP contribution < -0.4 is 11.5 Å². The monoisotopic (exact) mass is 229 g/mol. The molecule has 1 atom stereocenters. The fraction of sp³-hybridized carbons (Fsp3) is 0.375. The molecule has 0 unspecified atom stereocenters. The summed E-state index contributed by atoms with van der Waals surface area (Å²) in [6.07, 6.45) is 0. The molecule has 4 N–H and O–H groups in total. The highest BCUT2D eigenvalue weighted by Gasteiger charge is 2.05. The molecule has 0 radical (unpaired) electrons. The van der Waals surface area contributed by atoms with E-state index >= 15 is 0 Å². The van der Waals surface area contributed by atoms with Crippen LogP contribution in [-0.4, -0.2) is 11.5 Å². The van der Waals surface area contributed by atoms with Crippen LogP contribution in [0.3, 0.4) is 0 Å². The zero-order chi connectivity index (χ0) is 9.14. The van der Waals surface area contributed by atoms with Crippen molar-refractivity contribution in [1.82, 2.24) is 4.98 Å². The molecule has 0 aliphatic heterocycles. The van der Waals surface area contributed by atoms with Gasteiger partial charge in [0.05, 0.1) is 17.4 Å². The van der Waals surface area contributed by atoms with Gasteiger partial charge in [0.25, 0.3) is 0 Å². The summed E-state index contributed by atoms with van der Waals surface area (Å²) in [6, 6.07) is 3.67. The van der Waals surface area contributed by atoms with Crippen LogP contribution in [0.25, 0.3) is 0 Å². The first-order valence-electron chi connectivity index (χ1n) is 3.74. The third-order valence-electron chi connectivity index (χ3n) is 1.68. The maximum atomic E-state index is 5.71. The highest BCUT2D eigenvalue weighted by Crippen LogP contribution is 2.15. The Morgan fingerprint density at radius 3 is 2.75 bits per heavy atom. The van der Waals surface area contributed by atoms with Crippen molar-refractivity contribution in [2.75, 3.05) is 6.54 Å². The van der Waals surface area contributed by atoms with E-state index in [-0.39, 0.29) is 6.04 Å². The van der Waals surface area contributed by atoms with E-state index < -0.39 is 0 Å². The molecule has 0 spiro atoms. The van der Waals surface area contributed by atoms with Crippen molar-refractivity contribution in [3.63, 3.8) is 0 Å². The fourth-order valence-corrected chi connectivity index (χ4v) is 1.11. The molecule has 0 bridgehead atoms. The number of aromatic nitrogens is 1. The Balaban J connectivity index is 2.96. The van der Waals surface area contributed by atoms with E-state index in [2.05, 4.69) is 20.9 Å². The smallest absolute Gasteiger partial charge is 0.0594 e. The number of rotatable bonds is 2. The van der Waals surface area contributed by atoms with Crippen LogP contribution in [0.15, 0.2) is 16.6 Å². The van der Waals surface area contributed by atoms with Gasteiger partial charge in [-0.05, 0) is 35.0 Å². The Labute approximate surface area is 80.3 Å². The highest BCUT2D eigenvalue weighted by molar-refractivity contribution is 9.10. The molecule has 66 valence electrons. The zero-order valence-corrected chi connectivity index (χ0v) is 8.51. The van der Waals surface area contributed by atoms with E-state index in [4.69, 9.17) is 11.5 Å². The third kappa shape index (κ3) is 2.03. The highest BCUT2D eigenvalue weighted by atomic mass is 79.9. The van der Waals surface area contributed by atoms with Crippen molar-refractivity contribution in [3.8, 4) is 0 Å². The van der Waals surface area contributed by atoms with E-state index in [1.54, 1.807) is 0 Å².